The summed E-state index contributed by atoms with van der Waals surface area (Å²) < 4.78 is 22.2. The summed E-state index contributed by atoms with van der Waals surface area (Å²) in [6.07, 6.45) is 1.99. The monoisotopic (exact) mass is 307 g/mol. The summed E-state index contributed by atoms with van der Waals surface area (Å²) in [7, 11) is -2.84. The number of nitrogens with zero attached hydrogens (tertiary/aromatic N) is 2. The number of piperazine rings is 1. The maximum atomic E-state index is 11.1. The van der Waals surface area contributed by atoms with Crippen molar-refractivity contribution in [1.29, 1.82) is 0 Å². The maximum Gasteiger partial charge on any atom is 0.147 e. The topological polar surface area (TPSA) is 66.6 Å². The van der Waals surface area contributed by atoms with Gasteiger partial charge in [-0.2, -0.15) is 0 Å². The van der Waals surface area contributed by atoms with Crippen molar-refractivity contribution >= 4 is 27.0 Å². The summed E-state index contributed by atoms with van der Waals surface area (Å²) in [6.45, 7) is 8.66. The van der Waals surface area contributed by atoms with Crippen LogP contribution >= 0.6 is 12.2 Å². The van der Waals surface area contributed by atoms with Gasteiger partial charge in [0, 0.05) is 32.4 Å². The number of sulfone groups is 1. The van der Waals surface area contributed by atoms with Crippen molar-refractivity contribution in [2.24, 2.45) is 5.73 Å². The fourth-order valence-electron chi connectivity index (χ4n) is 2.24. The van der Waals surface area contributed by atoms with Crippen LogP contribution in [-0.4, -0.2) is 73.5 Å². The van der Waals surface area contributed by atoms with Crippen LogP contribution in [0.4, 0.5) is 0 Å². The van der Waals surface area contributed by atoms with Crippen LogP contribution in [0.1, 0.15) is 20.3 Å². The lowest BCUT2D eigenvalue weighted by Gasteiger charge is -2.43. The number of rotatable bonds is 6. The highest BCUT2D eigenvalue weighted by molar-refractivity contribution is 7.90. The van der Waals surface area contributed by atoms with Gasteiger partial charge in [0.15, 0.2) is 0 Å². The Bertz CT molecular complexity index is 413. The van der Waals surface area contributed by atoms with E-state index in [2.05, 4.69) is 23.6 Å². The molecular weight excluding hydrogens is 282 g/mol. The molecule has 1 heterocycles. The van der Waals surface area contributed by atoms with Crippen molar-refractivity contribution in [2.75, 3.05) is 44.7 Å². The highest BCUT2D eigenvalue weighted by Crippen LogP contribution is 2.17. The fourth-order valence-corrected chi connectivity index (χ4v) is 3.02. The average Bonchev–Trinajstić information content (AvgIpc) is 2.27. The van der Waals surface area contributed by atoms with E-state index in [1.165, 1.54) is 6.26 Å². The minimum Gasteiger partial charge on any atom is -0.392 e. The molecular formula is C12H25N3O2S2. The normalized spacial score (nSPS) is 19.5. The van der Waals surface area contributed by atoms with E-state index < -0.39 is 9.84 Å². The summed E-state index contributed by atoms with van der Waals surface area (Å²) in [4.78, 5) is 5.12. The molecule has 112 valence electrons. The molecule has 0 saturated carbocycles. The number of thiocarbonyl (C=S) groups is 1. The van der Waals surface area contributed by atoms with E-state index in [0.29, 0.717) is 11.4 Å². The lowest BCUT2D eigenvalue weighted by Crippen LogP contribution is -2.59. The second-order valence-electron chi connectivity index (χ2n) is 5.74. The molecule has 1 saturated heterocycles. The van der Waals surface area contributed by atoms with Crippen molar-refractivity contribution in [3.05, 3.63) is 0 Å². The zero-order valence-corrected chi connectivity index (χ0v) is 13.7. The lowest BCUT2D eigenvalue weighted by molar-refractivity contribution is 0.0862. The molecule has 2 N–H and O–H groups in total. The van der Waals surface area contributed by atoms with Gasteiger partial charge in [-0.15, -0.1) is 0 Å². The third-order valence-electron chi connectivity index (χ3n) is 3.76. The van der Waals surface area contributed by atoms with E-state index in [1.54, 1.807) is 0 Å². The molecule has 0 amide bonds. The van der Waals surface area contributed by atoms with E-state index in [9.17, 15) is 8.42 Å². The number of hydrogen-bond acceptors (Lipinski definition) is 5. The van der Waals surface area contributed by atoms with Crippen molar-refractivity contribution in [3.8, 4) is 0 Å². The summed E-state index contributed by atoms with van der Waals surface area (Å²) in [5, 5.41) is 0. The first kappa shape index (κ1) is 16.8. The molecule has 1 fully saturated rings. The van der Waals surface area contributed by atoms with Gasteiger partial charge in [0.2, 0.25) is 0 Å². The van der Waals surface area contributed by atoms with E-state index >= 15 is 0 Å². The van der Waals surface area contributed by atoms with Gasteiger partial charge in [-0.25, -0.2) is 8.42 Å². The molecule has 0 spiro atoms. The summed E-state index contributed by atoms with van der Waals surface area (Å²) in [5.41, 5.74) is 5.53. The third kappa shape index (κ3) is 5.33. The second kappa shape index (κ2) is 6.47. The van der Waals surface area contributed by atoms with Crippen molar-refractivity contribution < 1.29 is 8.42 Å². The van der Waals surface area contributed by atoms with Crippen LogP contribution < -0.4 is 5.73 Å². The molecule has 7 heteroatoms. The van der Waals surface area contributed by atoms with Crippen molar-refractivity contribution in [3.63, 3.8) is 0 Å². The molecule has 0 aromatic carbocycles. The van der Waals surface area contributed by atoms with Crippen LogP contribution in [0, 0.1) is 0 Å². The van der Waals surface area contributed by atoms with E-state index in [1.807, 2.05) is 0 Å². The summed E-state index contributed by atoms with van der Waals surface area (Å²) >= 11 is 5.11. The van der Waals surface area contributed by atoms with Crippen LogP contribution in [-0.2, 0) is 9.84 Å². The van der Waals surface area contributed by atoms with Crippen LogP contribution in [0.2, 0.25) is 0 Å². The molecule has 0 aromatic heterocycles. The standard InChI is InChI=1S/C12H25N3O2S2/c1-12(2,11(13)18)15-8-6-14(7-9-15)5-4-10-19(3,16)17/h4-10H2,1-3H3,(H2,13,18). The quantitative estimate of drug-likeness (QED) is 0.702. The maximum absolute atomic E-state index is 11.1. The van der Waals surface area contributed by atoms with Gasteiger partial charge in [0.25, 0.3) is 0 Å². The van der Waals surface area contributed by atoms with E-state index in [-0.39, 0.29) is 11.3 Å². The zero-order chi connectivity index (χ0) is 14.7. The highest BCUT2D eigenvalue weighted by Gasteiger charge is 2.32. The molecule has 0 unspecified atom stereocenters. The molecule has 0 radical (unpaired) electrons. The third-order valence-corrected chi connectivity index (χ3v) is 5.29. The first-order valence-corrected chi connectivity index (χ1v) is 9.05. The van der Waals surface area contributed by atoms with Gasteiger partial charge in [-0.05, 0) is 26.8 Å². The highest BCUT2D eigenvalue weighted by atomic mass is 32.2. The summed E-state index contributed by atoms with van der Waals surface area (Å²) in [5.74, 6) is 0.269. The number of nitrogens with two attached hydrogens (primary N) is 1. The predicted molar refractivity (Wildman–Crippen MR) is 83.2 cm³/mol. The molecule has 1 rings (SSSR count). The Morgan fingerprint density at radius 2 is 1.79 bits per heavy atom. The molecule has 0 aliphatic carbocycles. The predicted octanol–water partition coefficient (Wildman–Crippen LogP) is 0.103. The first-order chi connectivity index (χ1) is 8.63. The largest absolute Gasteiger partial charge is 0.392 e. The Hall–Kier alpha value is -0.240. The average molecular weight is 307 g/mol. The van der Waals surface area contributed by atoms with Gasteiger partial charge in [0.05, 0.1) is 16.3 Å². The lowest BCUT2D eigenvalue weighted by atomic mass is 10.0. The van der Waals surface area contributed by atoms with Crippen molar-refractivity contribution in [1.82, 2.24) is 9.80 Å². The Kier molecular flexibility index (Phi) is 5.73. The molecule has 0 atom stereocenters. The van der Waals surface area contributed by atoms with Gasteiger partial charge >= 0.3 is 0 Å². The SMILES string of the molecule is CC(C)(C(N)=S)N1CCN(CCCS(C)(=O)=O)CC1. The van der Waals surface area contributed by atoms with Crippen LogP contribution in [0.3, 0.4) is 0 Å². The Morgan fingerprint density at radius 1 is 1.26 bits per heavy atom. The Morgan fingerprint density at radius 3 is 2.21 bits per heavy atom. The minimum atomic E-state index is -2.84. The molecule has 1 aliphatic rings. The molecule has 5 nitrogen and oxygen atoms in total. The van der Waals surface area contributed by atoms with Gasteiger partial charge in [0.1, 0.15) is 9.84 Å². The molecule has 19 heavy (non-hydrogen) atoms. The number of hydrogen-bond donors (Lipinski definition) is 1. The van der Waals surface area contributed by atoms with Gasteiger partial charge in [-0.3, -0.25) is 4.90 Å². The smallest absolute Gasteiger partial charge is 0.147 e. The van der Waals surface area contributed by atoms with Crippen LogP contribution in [0.25, 0.3) is 0 Å². The van der Waals surface area contributed by atoms with Crippen molar-refractivity contribution in [2.45, 2.75) is 25.8 Å². The molecule has 0 bridgehead atoms. The van der Waals surface area contributed by atoms with Gasteiger partial charge < -0.3 is 10.6 Å². The van der Waals surface area contributed by atoms with Crippen LogP contribution in [0.5, 0.6) is 0 Å². The van der Waals surface area contributed by atoms with Crippen LogP contribution in [0.15, 0.2) is 0 Å². The summed E-state index contributed by atoms with van der Waals surface area (Å²) in [6, 6.07) is 0. The van der Waals surface area contributed by atoms with Gasteiger partial charge in [-0.1, -0.05) is 12.2 Å². The molecule has 1 aliphatic heterocycles. The molecule has 0 aromatic rings. The zero-order valence-electron chi connectivity index (χ0n) is 12.1. The second-order valence-corrected chi connectivity index (χ2v) is 8.43. The van der Waals surface area contributed by atoms with E-state index in [0.717, 1.165) is 32.7 Å². The van der Waals surface area contributed by atoms with E-state index in [4.69, 9.17) is 18.0 Å². The Balaban J connectivity index is 2.35. The fraction of sp³-hybridized carbons (Fsp3) is 0.917. The minimum absolute atomic E-state index is 0.242. The first-order valence-electron chi connectivity index (χ1n) is 6.58. The Labute approximate surface area is 122 Å².